The molecule has 0 spiro atoms. The highest BCUT2D eigenvalue weighted by Gasteiger charge is 2.22. The van der Waals surface area contributed by atoms with Crippen molar-refractivity contribution in [1.82, 2.24) is 5.32 Å². The van der Waals surface area contributed by atoms with Gasteiger partial charge < -0.3 is 10.4 Å². The third kappa shape index (κ3) is 2.47. The molecule has 0 amide bonds. The number of halogens is 3. The van der Waals surface area contributed by atoms with E-state index in [2.05, 4.69) is 53.1 Å². The molecule has 1 fully saturated rings. The van der Waals surface area contributed by atoms with Crippen molar-refractivity contribution in [2.75, 3.05) is 6.54 Å². The Morgan fingerprint density at radius 3 is 2.56 bits per heavy atom. The first-order valence-electron chi connectivity index (χ1n) is 5.21. The number of phenolic OH excluding ortho intramolecular Hbond substituents is 1. The van der Waals surface area contributed by atoms with Crippen LogP contribution >= 0.6 is 47.8 Å². The van der Waals surface area contributed by atoms with Gasteiger partial charge in [0.05, 0.1) is 8.95 Å². The predicted molar refractivity (Wildman–Crippen MR) is 75.8 cm³/mol. The van der Waals surface area contributed by atoms with Gasteiger partial charge in [-0.05, 0) is 57.3 Å². The lowest BCUT2D eigenvalue weighted by Gasteiger charge is -2.26. The summed E-state index contributed by atoms with van der Waals surface area (Å²) in [5.74, 6) is 0.269. The number of piperidine rings is 1. The van der Waals surface area contributed by atoms with Gasteiger partial charge in [0.25, 0.3) is 0 Å². The fourth-order valence-corrected chi connectivity index (χ4v) is 4.69. The highest BCUT2D eigenvalue weighted by molar-refractivity contribution is 9.11. The van der Waals surface area contributed by atoms with Crippen molar-refractivity contribution in [1.29, 1.82) is 0 Å². The second-order valence-electron chi connectivity index (χ2n) is 3.92. The van der Waals surface area contributed by atoms with E-state index in [1.54, 1.807) is 0 Å². The van der Waals surface area contributed by atoms with E-state index >= 15 is 0 Å². The smallest absolute Gasteiger partial charge is 0.144 e. The Morgan fingerprint density at radius 1 is 1.19 bits per heavy atom. The standard InChI is InChI=1S/C11H12Br3NO/c12-6-5-7(13)11(16)10(14)9(6)8-3-1-2-4-15-8/h5,8,15-16H,1-4H2/t8-/m1/s1. The SMILES string of the molecule is Oc1c(Br)cc(Br)c([C@H]2CCCCN2)c1Br. The Kier molecular flexibility index (Phi) is 4.32. The molecule has 1 aromatic carbocycles. The van der Waals surface area contributed by atoms with Crippen LogP contribution in [0.1, 0.15) is 30.9 Å². The molecular formula is C11H12Br3NO. The minimum Gasteiger partial charge on any atom is -0.506 e. The second-order valence-corrected chi connectivity index (χ2v) is 6.42. The first kappa shape index (κ1) is 12.9. The van der Waals surface area contributed by atoms with Crippen LogP contribution in [0.3, 0.4) is 0 Å². The molecule has 1 aromatic rings. The zero-order valence-electron chi connectivity index (χ0n) is 8.56. The van der Waals surface area contributed by atoms with E-state index in [9.17, 15) is 5.11 Å². The molecule has 0 radical (unpaired) electrons. The van der Waals surface area contributed by atoms with Crippen molar-refractivity contribution < 1.29 is 5.11 Å². The number of benzene rings is 1. The molecule has 0 aliphatic carbocycles. The lowest BCUT2D eigenvalue weighted by atomic mass is 9.97. The van der Waals surface area contributed by atoms with Crippen LogP contribution in [0.5, 0.6) is 5.75 Å². The van der Waals surface area contributed by atoms with Crippen molar-refractivity contribution in [2.45, 2.75) is 25.3 Å². The van der Waals surface area contributed by atoms with Gasteiger partial charge in [0.15, 0.2) is 0 Å². The summed E-state index contributed by atoms with van der Waals surface area (Å²) in [6.07, 6.45) is 3.57. The molecule has 0 aromatic heterocycles. The molecule has 1 aliphatic heterocycles. The van der Waals surface area contributed by atoms with E-state index < -0.39 is 0 Å². The van der Waals surface area contributed by atoms with Crippen LogP contribution in [0.4, 0.5) is 0 Å². The van der Waals surface area contributed by atoms with E-state index in [1.165, 1.54) is 12.8 Å². The average Bonchev–Trinajstić information content (AvgIpc) is 2.28. The van der Waals surface area contributed by atoms with Crippen molar-refractivity contribution in [3.63, 3.8) is 0 Å². The largest absolute Gasteiger partial charge is 0.506 e. The topological polar surface area (TPSA) is 32.3 Å². The molecule has 2 nitrogen and oxygen atoms in total. The molecule has 0 saturated carbocycles. The molecule has 1 atom stereocenters. The number of rotatable bonds is 1. The zero-order valence-corrected chi connectivity index (χ0v) is 13.3. The highest BCUT2D eigenvalue weighted by atomic mass is 79.9. The van der Waals surface area contributed by atoms with Crippen molar-refractivity contribution in [3.05, 3.63) is 25.0 Å². The maximum atomic E-state index is 9.90. The maximum Gasteiger partial charge on any atom is 0.144 e. The van der Waals surface area contributed by atoms with Crippen molar-refractivity contribution in [2.24, 2.45) is 0 Å². The van der Waals surface area contributed by atoms with Gasteiger partial charge in [-0.2, -0.15) is 0 Å². The number of aromatic hydroxyl groups is 1. The summed E-state index contributed by atoms with van der Waals surface area (Å²) in [7, 11) is 0. The fraction of sp³-hybridized carbons (Fsp3) is 0.455. The van der Waals surface area contributed by atoms with Gasteiger partial charge in [-0.25, -0.2) is 0 Å². The summed E-state index contributed by atoms with van der Waals surface area (Å²) >= 11 is 10.3. The maximum absolute atomic E-state index is 9.90. The molecule has 2 N–H and O–H groups in total. The van der Waals surface area contributed by atoms with Crippen LogP contribution in [0.2, 0.25) is 0 Å². The Morgan fingerprint density at radius 2 is 1.94 bits per heavy atom. The summed E-state index contributed by atoms with van der Waals surface area (Å²) in [5, 5.41) is 13.4. The number of hydrogen-bond acceptors (Lipinski definition) is 2. The van der Waals surface area contributed by atoms with Crippen LogP contribution < -0.4 is 5.32 Å². The minimum absolute atomic E-state index is 0.269. The lowest BCUT2D eigenvalue weighted by Crippen LogP contribution is -2.27. The molecule has 1 aliphatic rings. The molecule has 0 unspecified atom stereocenters. The summed E-state index contributed by atoms with van der Waals surface area (Å²) in [6, 6.07) is 2.21. The third-order valence-electron chi connectivity index (χ3n) is 2.84. The fourth-order valence-electron chi connectivity index (χ4n) is 2.01. The Balaban J connectivity index is 2.42. The molecule has 5 heteroatoms. The number of phenols is 1. The van der Waals surface area contributed by atoms with E-state index in [4.69, 9.17) is 0 Å². The normalized spacial score (nSPS) is 21.1. The van der Waals surface area contributed by atoms with Crippen molar-refractivity contribution in [3.8, 4) is 5.75 Å². The van der Waals surface area contributed by atoms with E-state index in [1.807, 2.05) is 6.07 Å². The molecule has 0 bridgehead atoms. The first-order chi connectivity index (χ1) is 7.61. The van der Waals surface area contributed by atoms with Crippen LogP contribution in [0.15, 0.2) is 19.5 Å². The van der Waals surface area contributed by atoms with Gasteiger partial charge in [0.2, 0.25) is 0 Å². The molecule has 2 rings (SSSR count). The van der Waals surface area contributed by atoms with E-state index in [0.717, 1.165) is 27.5 Å². The number of hydrogen-bond donors (Lipinski definition) is 2. The van der Waals surface area contributed by atoms with Crippen LogP contribution in [-0.4, -0.2) is 11.7 Å². The van der Waals surface area contributed by atoms with Crippen LogP contribution in [-0.2, 0) is 0 Å². The van der Waals surface area contributed by atoms with Crippen LogP contribution in [0.25, 0.3) is 0 Å². The zero-order chi connectivity index (χ0) is 11.7. The molecular weight excluding hydrogens is 402 g/mol. The van der Waals surface area contributed by atoms with Gasteiger partial charge in [-0.15, -0.1) is 0 Å². The van der Waals surface area contributed by atoms with Gasteiger partial charge >= 0.3 is 0 Å². The minimum atomic E-state index is 0.269. The van der Waals surface area contributed by atoms with Crippen molar-refractivity contribution >= 4 is 47.8 Å². The van der Waals surface area contributed by atoms with Gasteiger partial charge in [0, 0.05) is 16.1 Å². The predicted octanol–water partition coefficient (Wildman–Crippen LogP) is 4.49. The Labute approximate surface area is 120 Å². The summed E-state index contributed by atoms with van der Waals surface area (Å²) in [6.45, 7) is 1.04. The molecule has 16 heavy (non-hydrogen) atoms. The second kappa shape index (κ2) is 5.38. The number of nitrogens with one attached hydrogen (secondary N) is 1. The monoisotopic (exact) mass is 411 g/mol. The average molecular weight is 414 g/mol. The molecule has 88 valence electrons. The van der Waals surface area contributed by atoms with Gasteiger partial charge in [-0.1, -0.05) is 22.4 Å². The summed E-state index contributed by atoms with van der Waals surface area (Å²) in [4.78, 5) is 0. The Hall–Kier alpha value is 0.420. The molecule has 1 saturated heterocycles. The third-order valence-corrected chi connectivity index (χ3v) is 4.90. The molecule has 1 heterocycles. The van der Waals surface area contributed by atoms with E-state index in [-0.39, 0.29) is 5.75 Å². The highest BCUT2D eigenvalue weighted by Crippen LogP contribution is 2.43. The summed E-state index contributed by atoms with van der Waals surface area (Å²) < 4.78 is 2.49. The quantitative estimate of drug-likeness (QED) is 0.710. The first-order valence-corrected chi connectivity index (χ1v) is 7.59. The van der Waals surface area contributed by atoms with E-state index in [0.29, 0.717) is 10.5 Å². The Bertz CT molecular complexity index is 403. The van der Waals surface area contributed by atoms with Crippen LogP contribution in [0, 0.1) is 0 Å². The lowest BCUT2D eigenvalue weighted by molar-refractivity contribution is 0.406. The van der Waals surface area contributed by atoms with Gasteiger partial charge in [-0.3, -0.25) is 0 Å². The van der Waals surface area contributed by atoms with Gasteiger partial charge in [0.1, 0.15) is 5.75 Å². The summed E-state index contributed by atoms with van der Waals surface area (Å²) in [5.41, 5.74) is 1.11.